The summed E-state index contributed by atoms with van der Waals surface area (Å²) in [6, 6.07) is 9.89. The zero-order valence-electron chi connectivity index (χ0n) is 23.1. The predicted octanol–water partition coefficient (Wildman–Crippen LogP) is 2.47. The van der Waals surface area contributed by atoms with E-state index in [-0.39, 0.29) is 11.9 Å². The van der Waals surface area contributed by atoms with E-state index in [1.165, 1.54) is 24.1 Å². The fourth-order valence-electron chi connectivity index (χ4n) is 3.99. The molecule has 41 heavy (non-hydrogen) atoms. The molecule has 1 amide bonds. The van der Waals surface area contributed by atoms with Crippen LogP contribution in [-0.2, 0) is 20.7 Å². The van der Waals surface area contributed by atoms with E-state index in [4.69, 9.17) is 4.74 Å². The monoisotopic (exact) mass is 581 g/mol. The number of carbonyl (C=O) groups is 1. The summed E-state index contributed by atoms with van der Waals surface area (Å²) in [6.07, 6.45) is 2.72. The van der Waals surface area contributed by atoms with Gasteiger partial charge in [-0.25, -0.2) is 4.98 Å². The number of hydrogen-bond donors (Lipinski definition) is 3. The van der Waals surface area contributed by atoms with Crippen molar-refractivity contribution in [2.45, 2.75) is 5.75 Å². The molecule has 4 rings (SSSR count). The topological polar surface area (TPSA) is 168 Å². The molecule has 3 N–H and O–H groups in total. The second-order valence-corrected chi connectivity index (χ2v) is 10.9. The fourth-order valence-corrected chi connectivity index (χ4v) is 4.59. The van der Waals surface area contributed by atoms with E-state index < -0.39 is 15.9 Å². The Morgan fingerprint density at radius 1 is 1.15 bits per heavy atom. The first kappa shape index (κ1) is 29.4. The predicted molar refractivity (Wildman–Crippen MR) is 157 cm³/mol. The highest BCUT2D eigenvalue weighted by molar-refractivity contribution is 7.85. The Labute approximate surface area is 237 Å². The van der Waals surface area contributed by atoms with Crippen molar-refractivity contribution in [3.8, 4) is 11.6 Å². The third kappa shape index (κ3) is 7.33. The minimum absolute atomic E-state index is 0.202. The normalized spacial score (nSPS) is 11.5. The maximum Gasteiger partial charge on any atom is 0.269 e. The second-order valence-electron chi connectivity index (χ2n) is 9.40. The number of carbonyl (C=O) groups excluding carboxylic acids is 1. The lowest BCUT2D eigenvalue weighted by Crippen LogP contribution is -2.29. The van der Waals surface area contributed by atoms with Crippen molar-refractivity contribution in [2.75, 3.05) is 56.9 Å². The van der Waals surface area contributed by atoms with E-state index in [0.29, 0.717) is 46.1 Å². The molecular formula is C26H31N9O5S. The van der Waals surface area contributed by atoms with Crippen LogP contribution in [0.5, 0.6) is 5.75 Å². The van der Waals surface area contributed by atoms with Gasteiger partial charge in [0.15, 0.2) is 5.82 Å². The molecule has 0 aliphatic rings. The molecule has 15 heteroatoms. The van der Waals surface area contributed by atoms with Crippen molar-refractivity contribution in [2.24, 2.45) is 0 Å². The van der Waals surface area contributed by atoms with Crippen molar-refractivity contribution in [3.05, 3.63) is 60.8 Å². The van der Waals surface area contributed by atoms with Gasteiger partial charge in [0.1, 0.15) is 17.0 Å². The lowest BCUT2D eigenvalue weighted by molar-refractivity contribution is -0.111. The van der Waals surface area contributed by atoms with Crippen molar-refractivity contribution in [1.29, 1.82) is 0 Å². The molecule has 0 unspecified atom stereocenters. The number of amides is 1. The summed E-state index contributed by atoms with van der Waals surface area (Å²) in [7, 11) is 3.21. The number of anilines is 4. The molecule has 0 atom stereocenters. The number of fused-ring (bicyclic) bond motifs is 1. The summed E-state index contributed by atoms with van der Waals surface area (Å²) >= 11 is 0. The van der Waals surface area contributed by atoms with Gasteiger partial charge < -0.3 is 25.2 Å². The number of rotatable bonds is 12. The number of ether oxygens (including phenoxy) is 1. The van der Waals surface area contributed by atoms with Crippen LogP contribution in [-0.4, -0.2) is 90.1 Å². The first-order valence-corrected chi connectivity index (χ1v) is 14.0. The van der Waals surface area contributed by atoms with Crippen LogP contribution in [0.1, 0.15) is 5.56 Å². The van der Waals surface area contributed by atoms with Crippen LogP contribution in [0.25, 0.3) is 16.9 Å². The van der Waals surface area contributed by atoms with Gasteiger partial charge in [-0.1, -0.05) is 17.9 Å². The van der Waals surface area contributed by atoms with Gasteiger partial charge >= 0.3 is 0 Å². The van der Waals surface area contributed by atoms with Crippen LogP contribution in [0.2, 0.25) is 0 Å². The Hall–Kier alpha value is -4.60. The minimum Gasteiger partial charge on any atom is -0.494 e. The second kappa shape index (κ2) is 12.3. The Kier molecular flexibility index (Phi) is 8.80. The molecule has 216 valence electrons. The van der Waals surface area contributed by atoms with Crippen molar-refractivity contribution in [3.63, 3.8) is 0 Å². The number of nitrogens with one attached hydrogen (secondary N) is 2. The van der Waals surface area contributed by atoms with Crippen molar-refractivity contribution in [1.82, 2.24) is 29.9 Å². The third-order valence-electron chi connectivity index (χ3n) is 6.02. The highest BCUT2D eigenvalue weighted by Gasteiger charge is 2.17. The summed E-state index contributed by atoms with van der Waals surface area (Å²) in [4.78, 5) is 25.2. The minimum atomic E-state index is -4.22. The highest BCUT2D eigenvalue weighted by atomic mass is 32.2. The van der Waals surface area contributed by atoms with Gasteiger partial charge in [0.2, 0.25) is 11.9 Å². The number of aromatic nitrogens is 5. The van der Waals surface area contributed by atoms with Crippen LogP contribution in [0.4, 0.5) is 23.0 Å². The zero-order valence-corrected chi connectivity index (χ0v) is 23.9. The number of nitrogens with zero attached hydrogens (tertiary/aromatic N) is 7. The highest BCUT2D eigenvalue weighted by Crippen LogP contribution is 2.38. The van der Waals surface area contributed by atoms with Crippen LogP contribution >= 0.6 is 0 Å². The van der Waals surface area contributed by atoms with E-state index in [9.17, 15) is 17.8 Å². The number of hydrogen-bond acceptors (Lipinski definition) is 11. The Balaban J connectivity index is 1.70. The van der Waals surface area contributed by atoms with Crippen LogP contribution < -0.4 is 20.3 Å². The number of methoxy groups -OCH3 is 1. The summed E-state index contributed by atoms with van der Waals surface area (Å²) in [6.45, 7) is 5.04. The molecule has 0 radical (unpaired) electrons. The molecule has 0 saturated heterocycles. The molecule has 2 aromatic carbocycles. The quantitative estimate of drug-likeness (QED) is 0.165. The SMILES string of the molecule is C=CC(=O)Nc1cc(Nc2nccc(-n3nnc4ccc(CS(=O)(=O)O)cc43)n2)c(OC)cc1N(C)CCN(C)C. The summed E-state index contributed by atoms with van der Waals surface area (Å²) < 4.78 is 39.1. The Morgan fingerprint density at radius 3 is 2.61 bits per heavy atom. The summed E-state index contributed by atoms with van der Waals surface area (Å²) in [5.74, 6) is 0.132. The molecule has 0 saturated carbocycles. The molecule has 0 aliphatic heterocycles. The van der Waals surface area contributed by atoms with E-state index >= 15 is 0 Å². The fraction of sp³-hybridized carbons (Fsp3) is 0.269. The Morgan fingerprint density at radius 2 is 1.93 bits per heavy atom. The van der Waals surface area contributed by atoms with Gasteiger partial charge in [-0.3, -0.25) is 9.35 Å². The first-order chi connectivity index (χ1) is 19.5. The van der Waals surface area contributed by atoms with Gasteiger partial charge in [-0.15, -0.1) is 5.10 Å². The molecule has 4 aromatic rings. The average molecular weight is 582 g/mol. The van der Waals surface area contributed by atoms with Crippen LogP contribution in [0, 0.1) is 0 Å². The van der Waals surface area contributed by atoms with E-state index in [1.54, 1.807) is 30.3 Å². The lowest BCUT2D eigenvalue weighted by Gasteiger charge is -2.26. The van der Waals surface area contributed by atoms with Gasteiger partial charge in [0.05, 0.1) is 29.7 Å². The molecule has 0 bridgehead atoms. The maximum absolute atomic E-state index is 12.2. The summed E-state index contributed by atoms with van der Waals surface area (Å²) in [5.41, 5.74) is 3.14. The van der Waals surface area contributed by atoms with Crippen LogP contribution in [0.15, 0.2) is 55.3 Å². The standard InChI is InChI=1S/C26H31N9O5S/c1-6-25(36)28-19-14-20(23(40-5)15-21(19)34(4)12-11-33(2)3)29-26-27-10-9-24(30-26)35-22-13-17(16-41(37,38)39)7-8-18(22)31-32-35/h6-10,13-15H,1,11-12,16H2,2-5H3,(H,28,36)(H,27,29,30)(H,37,38,39). The molecule has 0 aliphatic carbocycles. The molecule has 0 fully saturated rings. The Bertz CT molecular complexity index is 1690. The summed E-state index contributed by atoms with van der Waals surface area (Å²) in [5, 5.41) is 14.3. The van der Waals surface area contributed by atoms with Crippen molar-refractivity contribution >= 4 is 50.1 Å². The van der Waals surface area contributed by atoms with Crippen LogP contribution in [0.3, 0.4) is 0 Å². The van der Waals surface area contributed by atoms with Crippen molar-refractivity contribution < 1.29 is 22.5 Å². The van der Waals surface area contributed by atoms with Gasteiger partial charge in [0.25, 0.3) is 10.1 Å². The lowest BCUT2D eigenvalue weighted by atomic mass is 10.2. The number of benzene rings is 2. The first-order valence-electron chi connectivity index (χ1n) is 12.4. The molecule has 2 aromatic heterocycles. The number of likely N-dealkylation sites (N-methyl/N-ethyl adjacent to an activating group) is 2. The molecule has 0 spiro atoms. The van der Waals surface area contributed by atoms with Gasteiger partial charge in [-0.05, 0) is 43.9 Å². The maximum atomic E-state index is 12.2. The zero-order chi connectivity index (χ0) is 29.7. The van der Waals surface area contributed by atoms with E-state index in [0.717, 1.165) is 12.2 Å². The van der Waals surface area contributed by atoms with E-state index in [1.807, 2.05) is 32.1 Å². The largest absolute Gasteiger partial charge is 0.494 e. The third-order valence-corrected chi connectivity index (χ3v) is 6.72. The molecular weight excluding hydrogens is 550 g/mol. The smallest absolute Gasteiger partial charge is 0.269 e. The molecule has 14 nitrogen and oxygen atoms in total. The van der Waals surface area contributed by atoms with Gasteiger partial charge in [0, 0.05) is 38.5 Å². The van der Waals surface area contributed by atoms with E-state index in [2.05, 4.69) is 42.4 Å². The van der Waals surface area contributed by atoms with Gasteiger partial charge in [-0.2, -0.15) is 18.1 Å². The average Bonchev–Trinajstić information content (AvgIpc) is 3.34. The molecule has 2 heterocycles.